The van der Waals surface area contributed by atoms with Gasteiger partial charge < -0.3 is 34.0 Å². The minimum atomic E-state index is -4.73. The first kappa shape index (κ1) is 31.0. The van der Waals surface area contributed by atoms with Gasteiger partial charge in [-0.15, -0.1) is 13.2 Å². The normalized spacial score (nSPS) is 18.4. The highest BCUT2D eigenvalue weighted by molar-refractivity contribution is 5.49. The summed E-state index contributed by atoms with van der Waals surface area (Å²) >= 11 is 0. The molecule has 1 unspecified atom stereocenters. The van der Waals surface area contributed by atoms with E-state index in [1.807, 2.05) is 55.5 Å². The van der Waals surface area contributed by atoms with Crippen LogP contribution in [-0.4, -0.2) is 64.1 Å². The molecule has 242 valence electrons. The summed E-state index contributed by atoms with van der Waals surface area (Å²) in [6.45, 7) is 7.09. The Hall–Kier alpha value is -4.98. The average molecular weight is 640 g/mol. The fourth-order valence-electron chi connectivity index (χ4n) is 5.37. The second kappa shape index (κ2) is 12.8. The Morgan fingerprint density at radius 2 is 1.50 bits per heavy atom. The van der Waals surface area contributed by atoms with Crippen molar-refractivity contribution in [3.05, 3.63) is 94.7 Å². The molecule has 0 amide bonds. The quantitative estimate of drug-likeness (QED) is 0.144. The van der Waals surface area contributed by atoms with Crippen LogP contribution in [0.15, 0.2) is 79.0 Å². The molecular weight excluding hydrogens is 607 g/mol. The minimum absolute atomic E-state index is 0.230. The molecule has 1 atom stereocenters. The third-order valence-corrected chi connectivity index (χ3v) is 7.87. The van der Waals surface area contributed by atoms with Gasteiger partial charge in [-0.25, -0.2) is 0 Å². The lowest BCUT2D eigenvalue weighted by Crippen LogP contribution is -2.45. The molecule has 3 heterocycles. The molecule has 0 N–H and O–H groups in total. The SMILES string of the molecule is CC1(COc2ccc(N3CCN(Cc4ccc(Oc5ccc(OC(F)(F)F)cc5)cc4)CC3)cc2)CCn2cc([N+](=O)[O-])nc2O1. The van der Waals surface area contributed by atoms with E-state index >= 15 is 0 Å². The van der Waals surface area contributed by atoms with Crippen molar-refractivity contribution < 1.29 is 37.0 Å². The maximum Gasteiger partial charge on any atom is 0.573 e. The molecule has 1 saturated heterocycles. The van der Waals surface area contributed by atoms with Crippen molar-refractivity contribution in [1.29, 1.82) is 0 Å². The molecule has 1 aromatic heterocycles. The van der Waals surface area contributed by atoms with Crippen LogP contribution in [0.25, 0.3) is 0 Å². The number of halogens is 3. The van der Waals surface area contributed by atoms with E-state index in [-0.39, 0.29) is 24.2 Å². The topological polar surface area (TPSA) is 104 Å². The number of benzene rings is 3. The number of ether oxygens (including phenoxy) is 4. The Bertz CT molecular complexity index is 1640. The summed E-state index contributed by atoms with van der Waals surface area (Å²) in [4.78, 5) is 19.2. The largest absolute Gasteiger partial charge is 0.573 e. The first-order valence-electron chi connectivity index (χ1n) is 14.7. The zero-order valence-corrected chi connectivity index (χ0v) is 25.0. The van der Waals surface area contributed by atoms with Gasteiger partial charge in [0, 0.05) is 56.4 Å². The molecule has 0 aliphatic carbocycles. The molecule has 11 nitrogen and oxygen atoms in total. The highest BCUT2D eigenvalue weighted by Gasteiger charge is 2.37. The van der Waals surface area contributed by atoms with Gasteiger partial charge in [0.15, 0.2) is 0 Å². The molecule has 0 bridgehead atoms. The Labute approximate surface area is 262 Å². The molecule has 6 rings (SSSR count). The smallest absolute Gasteiger partial charge is 0.489 e. The maximum absolute atomic E-state index is 12.4. The first-order valence-corrected chi connectivity index (χ1v) is 14.7. The Kier molecular flexibility index (Phi) is 8.63. The molecule has 46 heavy (non-hydrogen) atoms. The lowest BCUT2D eigenvalue weighted by Gasteiger charge is -2.36. The Morgan fingerprint density at radius 3 is 2.13 bits per heavy atom. The van der Waals surface area contributed by atoms with Crippen molar-refractivity contribution in [2.24, 2.45) is 0 Å². The number of hydrogen-bond donors (Lipinski definition) is 0. The van der Waals surface area contributed by atoms with Crippen molar-refractivity contribution in [3.8, 4) is 29.0 Å². The summed E-state index contributed by atoms with van der Waals surface area (Å²) in [5.74, 6) is 1.18. The number of nitro groups is 1. The maximum atomic E-state index is 12.4. The number of piperazine rings is 1. The molecule has 2 aliphatic rings. The number of imidazole rings is 1. The predicted molar refractivity (Wildman–Crippen MR) is 162 cm³/mol. The molecule has 0 saturated carbocycles. The van der Waals surface area contributed by atoms with Crippen LogP contribution in [-0.2, 0) is 13.1 Å². The average Bonchev–Trinajstić information content (AvgIpc) is 3.46. The number of nitrogens with zero attached hydrogens (tertiary/aromatic N) is 5. The highest BCUT2D eigenvalue weighted by Crippen LogP contribution is 2.31. The van der Waals surface area contributed by atoms with Gasteiger partial charge in [-0.1, -0.05) is 12.1 Å². The second-order valence-electron chi connectivity index (χ2n) is 11.4. The van der Waals surface area contributed by atoms with Crippen LogP contribution in [0.5, 0.6) is 29.0 Å². The monoisotopic (exact) mass is 639 g/mol. The molecule has 0 radical (unpaired) electrons. The lowest BCUT2D eigenvalue weighted by molar-refractivity contribution is -0.389. The number of fused-ring (bicyclic) bond motifs is 1. The number of alkyl halides is 3. The van der Waals surface area contributed by atoms with Gasteiger partial charge in [0.2, 0.25) is 0 Å². The number of rotatable bonds is 10. The molecule has 1 fully saturated rings. The summed E-state index contributed by atoms with van der Waals surface area (Å²) in [5.41, 5.74) is 1.59. The van der Waals surface area contributed by atoms with Gasteiger partial charge in [-0.3, -0.25) is 9.47 Å². The molecular formula is C32H32F3N5O6. The summed E-state index contributed by atoms with van der Waals surface area (Å²) < 4.78 is 60.3. The van der Waals surface area contributed by atoms with E-state index in [1.165, 1.54) is 30.5 Å². The van der Waals surface area contributed by atoms with Crippen molar-refractivity contribution >= 4 is 11.5 Å². The van der Waals surface area contributed by atoms with Crippen molar-refractivity contribution in [1.82, 2.24) is 14.5 Å². The zero-order chi connectivity index (χ0) is 32.3. The Morgan fingerprint density at radius 1 is 0.891 bits per heavy atom. The van der Waals surface area contributed by atoms with Crippen LogP contribution in [0.4, 0.5) is 24.7 Å². The fourth-order valence-corrected chi connectivity index (χ4v) is 5.37. The van der Waals surface area contributed by atoms with Crippen molar-refractivity contribution in [3.63, 3.8) is 0 Å². The molecule has 3 aromatic carbocycles. The summed E-state index contributed by atoms with van der Waals surface area (Å²) in [5, 5.41) is 11.0. The third kappa shape index (κ3) is 7.80. The molecule has 0 spiro atoms. The van der Waals surface area contributed by atoms with Crippen LogP contribution in [0, 0.1) is 10.1 Å². The lowest BCUT2D eigenvalue weighted by atomic mass is 10.0. The predicted octanol–water partition coefficient (Wildman–Crippen LogP) is 6.42. The molecule has 14 heteroatoms. The van der Waals surface area contributed by atoms with Gasteiger partial charge >= 0.3 is 18.2 Å². The second-order valence-corrected chi connectivity index (χ2v) is 11.4. The summed E-state index contributed by atoms with van der Waals surface area (Å²) in [6.07, 6.45) is -2.71. The summed E-state index contributed by atoms with van der Waals surface area (Å²) in [7, 11) is 0. The van der Waals surface area contributed by atoms with Crippen LogP contribution < -0.4 is 23.8 Å². The molecule has 4 aromatic rings. The van der Waals surface area contributed by atoms with Gasteiger partial charge in [0.05, 0.1) is 0 Å². The van der Waals surface area contributed by atoms with E-state index in [1.54, 1.807) is 4.57 Å². The van der Waals surface area contributed by atoms with Crippen LogP contribution >= 0.6 is 0 Å². The van der Waals surface area contributed by atoms with Crippen LogP contribution in [0.2, 0.25) is 0 Å². The Balaban J connectivity index is 0.939. The first-order chi connectivity index (χ1) is 22.0. The van der Waals surface area contributed by atoms with Gasteiger partial charge in [0.25, 0.3) is 0 Å². The van der Waals surface area contributed by atoms with E-state index in [9.17, 15) is 23.3 Å². The van der Waals surface area contributed by atoms with E-state index in [0.717, 1.165) is 44.0 Å². The van der Waals surface area contributed by atoms with E-state index in [0.29, 0.717) is 30.2 Å². The van der Waals surface area contributed by atoms with Gasteiger partial charge in [0.1, 0.15) is 41.4 Å². The van der Waals surface area contributed by atoms with Crippen molar-refractivity contribution in [2.45, 2.75) is 38.4 Å². The van der Waals surface area contributed by atoms with E-state index < -0.39 is 16.9 Å². The molecule has 2 aliphatic heterocycles. The highest BCUT2D eigenvalue weighted by atomic mass is 19.4. The number of hydrogen-bond acceptors (Lipinski definition) is 9. The van der Waals surface area contributed by atoms with E-state index in [2.05, 4.69) is 19.5 Å². The van der Waals surface area contributed by atoms with Gasteiger partial charge in [-0.2, -0.15) is 0 Å². The van der Waals surface area contributed by atoms with Crippen molar-refractivity contribution in [2.75, 3.05) is 37.7 Å². The zero-order valence-electron chi connectivity index (χ0n) is 25.0. The summed E-state index contributed by atoms with van der Waals surface area (Å²) in [6, 6.07) is 21.1. The fraction of sp³-hybridized carbons (Fsp3) is 0.344. The minimum Gasteiger partial charge on any atom is -0.489 e. The van der Waals surface area contributed by atoms with Crippen LogP contribution in [0.3, 0.4) is 0 Å². The number of aromatic nitrogens is 2. The van der Waals surface area contributed by atoms with Crippen LogP contribution in [0.1, 0.15) is 18.9 Å². The standard InChI is InChI=1S/C32H32F3N5O6/c1-31(14-15-39-21-29(40(41)42)36-30(39)46-31)22-43-25-8-4-24(5-9-25)38-18-16-37(17-19-38)20-23-2-6-26(7-3-23)44-27-10-12-28(13-11-27)45-32(33,34)35/h2-13,21H,14-20,22H2,1H3. The van der Waals surface area contributed by atoms with Gasteiger partial charge in [-0.05, 0) is 78.1 Å². The number of aryl methyl sites for hydroxylation is 1. The van der Waals surface area contributed by atoms with E-state index in [4.69, 9.17) is 14.2 Å². The number of anilines is 1. The third-order valence-electron chi connectivity index (χ3n) is 7.87.